The summed E-state index contributed by atoms with van der Waals surface area (Å²) in [6, 6.07) is 10.2. The Morgan fingerprint density at radius 1 is 1.35 bits per heavy atom. The first-order valence-corrected chi connectivity index (χ1v) is 5.89. The molecule has 1 aliphatic heterocycles. The number of carboxylic acids is 1. The van der Waals surface area contributed by atoms with E-state index in [1.807, 2.05) is 18.2 Å². The molecule has 1 aromatic carbocycles. The van der Waals surface area contributed by atoms with Crippen LogP contribution in [0.1, 0.15) is 12.0 Å². The molecule has 0 unspecified atom stereocenters. The molecule has 0 aliphatic carbocycles. The lowest BCUT2D eigenvalue weighted by Gasteiger charge is -2.15. The van der Waals surface area contributed by atoms with Gasteiger partial charge in [-0.1, -0.05) is 30.3 Å². The molecular formula is C13H18N2O2. The third-order valence-corrected chi connectivity index (χ3v) is 3.25. The van der Waals surface area contributed by atoms with E-state index in [9.17, 15) is 4.79 Å². The minimum atomic E-state index is -0.757. The normalized spacial score (nSPS) is 25.0. The van der Waals surface area contributed by atoms with Crippen LogP contribution in [0.4, 0.5) is 0 Å². The highest BCUT2D eigenvalue weighted by atomic mass is 16.4. The van der Waals surface area contributed by atoms with Crippen LogP contribution in [-0.2, 0) is 11.3 Å². The first-order chi connectivity index (χ1) is 8.15. The number of benzene rings is 1. The maximum absolute atomic E-state index is 10.7. The number of nitrogens with two attached hydrogens (primary N) is 1. The van der Waals surface area contributed by atoms with E-state index in [0.717, 1.165) is 19.6 Å². The minimum Gasteiger partial charge on any atom is -0.481 e. The number of hydrogen-bond donors (Lipinski definition) is 2. The number of aliphatic carboxylic acids is 1. The quantitative estimate of drug-likeness (QED) is 0.813. The van der Waals surface area contributed by atoms with Gasteiger partial charge in [0.25, 0.3) is 0 Å². The lowest BCUT2D eigenvalue weighted by atomic mass is 10.0. The molecule has 1 saturated heterocycles. The molecule has 2 atom stereocenters. The first-order valence-electron chi connectivity index (χ1n) is 5.89. The zero-order valence-electron chi connectivity index (χ0n) is 9.75. The van der Waals surface area contributed by atoms with Gasteiger partial charge >= 0.3 is 5.97 Å². The standard InChI is InChI=1S/C13H18N2O2/c14-12-9-15(8-11(12)6-13(16)17)7-10-4-2-1-3-5-10/h1-5,11-12H,6-9,14H2,(H,16,17)/t11-,12+/m1/s1. The fraction of sp³-hybridized carbons (Fsp3) is 0.462. The van der Waals surface area contributed by atoms with Gasteiger partial charge in [-0.3, -0.25) is 9.69 Å². The number of carboxylic acid groups (broad SMARTS) is 1. The SMILES string of the molecule is N[C@H]1CN(Cc2ccccc2)C[C@H]1CC(=O)O. The molecule has 92 valence electrons. The second-order valence-electron chi connectivity index (χ2n) is 4.70. The van der Waals surface area contributed by atoms with Crippen molar-refractivity contribution < 1.29 is 9.90 Å². The number of rotatable bonds is 4. The summed E-state index contributed by atoms with van der Waals surface area (Å²) < 4.78 is 0. The predicted molar refractivity (Wildman–Crippen MR) is 65.4 cm³/mol. The molecule has 17 heavy (non-hydrogen) atoms. The third kappa shape index (κ3) is 3.28. The molecule has 1 aromatic rings. The molecule has 3 N–H and O–H groups in total. The van der Waals surface area contributed by atoms with E-state index >= 15 is 0 Å². The Bertz CT molecular complexity index is 380. The highest BCUT2D eigenvalue weighted by Gasteiger charge is 2.31. The monoisotopic (exact) mass is 234 g/mol. The van der Waals surface area contributed by atoms with Gasteiger partial charge in [-0.2, -0.15) is 0 Å². The number of nitrogens with zero attached hydrogens (tertiary/aromatic N) is 1. The van der Waals surface area contributed by atoms with Crippen molar-refractivity contribution in [2.75, 3.05) is 13.1 Å². The summed E-state index contributed by atoms with van der Waals surface area (Å²) in [5, 5.41) is 8.79. The van der Waals surface area contributed by atoms with Crippen LogP contribution >= 0.6 is 0 Å². The van der Waals surface area contributed by atoms with Crippen molar-refractivity contribution in [3.8, 4) is 0 Å². The van der Waals surface area contributed by atoms with Crippen LogP contribution in [0, 0.1) is 5.92 Å². The molecule has 2 rings (SSSR count). The topological polar surface area (TPSA) is 66.6 Å². The van der Waals surface area contributed by atoms with Gasteiger partial charge in [-0.25, -0.2) is 0 Å². The van der Waals surface area contributed by atoms with Crippen LogP contribution in [0.2, 0.25) is 0 Å². The molecule has 0 spiro atoms. The fourth-order valence-electron chi connectivity index (χ4n) is 2.40. The molecule has 1 heterocycles. The molecule has 0 radical (unpaired) electrons. The van der Waals surface area contributed by atoms with Crippen LogP contribution in [0.15, 0.2) is 30.3 Å². The molecular weight excluding hydrogens is 216 g/mol. The number of hydrogen-bond acceptors (Lipinski definition) is 3. The van der Waals surface area contributed by atoms with Crippen molar-refractivity contribution in [3.05, 3.63) is 35.9 Å². The summed E-state index contributed by atoms with van der Waals surface area (Å²) in [4.78, 5) is 12.9. The molecule has 0 saturated carbocycles. The summed E-state index contributed by atoms with van der Waals surface area (Å²) in [6.07, 6.45) is 0.173. The maximum Gasteiger partial charge on any atom is 0.303 e. The van der Waals surface area contributed by atoms with Crippen molar-refractivity contribution in [1.82, 2.24) is 4.90 Å². The van der Waals surface area contributed by atoms with Gasteiger partial charge in [0, 0.05) is 25.7 Å². The van der Waals surface area contributed by atoms with Gasteiger partial charge in [0.15, 0.2) is 0 Å². The van der Waals surface area contributed by atoms with Crippen molar-refractivity contribution in [3.63, 3.8) is 0 Å². The van der Waals surface area contributed by atoms with Gasteiger partial charge in [0.1, 0.15) is 0 Å². The second-order valence-corrected chi connectivity index (χ2v) is 4.70. The third-order valence-electron chi connectivity index (χ3n) is 3.25. The summed E-state index contributed by atoms with van der Waals surface area (Å²) in [5.41, 5.74) is 7.21. The fourth-order valence-corrected chi connectivity index (χ4v) is 2.40. The van der Waals surface area contributed by atoms with E-state index in [0.29, 0.717) is 0 Å². The summed E-state index contributed by atoms with van der Waals surface area (Å²) in [7, 11) is 0. The molecule has 0 bridgehead atoms. The molecule has 4 heteroatoms. The minimum absolute atomic E-state index is 0.0187. The first kappa shape index (κ1) is 12.1. The maximum atomic E-state index is 10.7. The van der Waals surface area contributed by atoms with Crippen molar-refractivity contribution in [2.24, 2.45) is 11.7 Å². The molecule has 0 aromatic heterocycles. The zero-order valence-corrected chi connectivity index (χ0v) is 9.75. The van der Waals surface area contributed by atoms with Crippen LogP contribution in [0.25, 0.3) is 0 Å². The Balaban J connectivity index is 1.91. The Labute approximate surface area is 101 Å². The molecule has 1 aliphatic rings. The van der Waals surface area contributed by atoms with Crippen LogP contribution < -0.4 is 5.73 Å². The average Bonchev–Trinajstić information content (AvgIpc) is 2.59. The highest BCUT2D eigenvalue weighted by Crippen LogP contribution is 2.20. The Hall–Kier alpha value is -1.39. The van der Waals surface area contributed by atoms with Crippen molar-refractivity contribution in [1.29, 1.82) is 0 Å². The van der Waals surface area contributed by atoms with Crippen LogP contribution in [0.3, 0.4) is 0 Å². The van der Waals surface area contributed by atoms with E-state index in [1.165, 1.54) is 5.56 Å². The largest absolute Gasteiger partial charge is 0.481 e. The smallest absolute Gasteiger partial charge is 0.303 e. The number of carbonyl (C=O) groups is 1. The van der Waals surface area contributed by atoms with Gasteiger partial charge < -0.3 is 10.8 Å². The predicted octanol–water partition coefficient (Wildman–Crippen LogP) is 0.920. The second kappa shape index (κ2) is 5.29. The zero-order chi connectivity index (χ0) is 12.3. The summed E-state index contributed by atoms with van der Waals surface area (Å²) >= 11 is 0. The molecule has 1 fully saturated rings. The molecule has 0 amide bonds. The Morgan fingerprint density at radius 2 is 2.06 bits per heavy atom. The summed E-state index contributed by atoms with van der Waals surface area (Å²) in [6.45, 7) is 2.42. The highest BCUT2D eigenvalue weighted by molar-refractivity contribution is 5.67. The molecule has 4 nitrogen and oxygen atoms in total. The van der Waals surface area contributed by atoms with Gasteiger partial charge in [-0.05, 0) is 11.5 Å². The van der Waals surface area contributed by atoms with E-state index in [2.05, 4.69) is 17.0 Å². The lowest BCUT2D eigenvalue weighted by molar-refractivity contribution is -0.138. The van der Waals surface area contributed by atoms with Gasteiger partial charge in [-0.15, -0.1) is 0 Å². The van der Waals surface area contributed by atoms with E-state index in [-0.39, 0.29) is 18.4 Å². The van der Waals surface area contributed by atoms with E-state index in [4.69, 9.17) is 10.8 Å². The summed E-state index contributed by atoms with van der Waals surface area (Å²) in [5.74, 6) is -0.678. The number of likely N-dealkylation sites (tertiary alicyclic amines) is 1. The van der Waals surface area contributed by atoms with Crippen LogP contribution in [0.5, 0.6) is 0 Å². The Kier molecular flexibility index (Phi) is 3.76. The van der Waals surface area contributed by atoms with Crippen molar-refractivity contribution in [2.45, 2.75) is 19.0 Å². The Morgan fingerprint density at radius 3 is 2.71 bits per heavy atom. The lowest BCUT2D eigenvalue weighted by Crippen LogP contribution is -2.30. The van der Waals surface area contributed by atoms with E-state index < -0.39 is 5.97 Å². The average molecular weight is 234 g/mol. The van der Waals surface area contributed by atoms with Gasteiger partial charge in [0.2, 0.25) is 0 Å². The van der Waals surface area contributed by atoms with E-state index in [1.54, 1.807) is 0 Å². The van der Waals surface area contributed by atoms with Crippen LogP contribution in [-0.4, -0.2) is 35.1 Å². The van der Waals surface area contributed by atoms with Crippen molar-refractivity contribution >= 4 is 5.97 Å². The van der Waals surface area contributed by atoms with Gasteiger partial charge in [0.05, 0.1) is 6.42 Å².